The van der Waals surface area contributed by atoms with Crippen LogP contribution >= 0.6 is 7.37 Å². The lowest BCUT2D eigenvalue weighted by atomic mass is 9.75. The summed E-state index contributed by atoms with van der Waals surface area (Å²) in [5, 5.41) is 4.31. The highest BCUT2D eigenvalue weighted by Gasteiger charge is 2.43. The van der Waals surface area contributed by atoms with Crippen molar-refractivity contribution in [3.05, 3.63) is 84.7 Å². The molecule has 36 heavy (non-hydrogen) atoms. The van der Waals surface area contributed by atoms with Crippen LogP contribution in [0.3, 0.4) is 0 Å². The van der Waals surface area contributed by atoms with Crippen LogP contribution < -0.4 is 15.5 Å². The van der Waals surface area contributed by atoms with Crippen molar-refractivity contribution < 1.29 is 9.09 Å². The van der Waals surface area contributed by atoms with E-state index < -0.39 is 13.2 Å². The van der Waals surface area contributed by atoms with E-state index in [0.29, 0.717) is 17.8 Å². The Labute approximate surface area is 216 Å². The van der Waals surface area contributed by atoms with Gasteiger partial charge in [0.15, 0.2) is 0 Å². The van der Waals surface area contributed by atoms with E-state index in [2.05, 4.69) is 31.1 Å². The predicted octanol–water partition coefficient (Wildman–Crippen LogP) is 7.34. The van der Waals surface area contributed by atoms with E-state index >= 15 is 4.57 Å². The summed E-state index contributed by atoms with van der Waals surface area (Å²) >= 11 is 0. The maximum Gasteiger partial charge on any atom is 0.258 e. The Morgan fingerprint density at radius 3 is 2.33 bits per heavy atom. The monoisotopic (exact) mass is 505 g/mol. The van der Waals surface area contributed by atoms with E-state index in [9.17, 15) is 0 Å². The second kappa shape index (κ2) is 11.6. The van der Waals surface area contributed by atoms with E-state index in [1.54, 1.807) is 12.4 Å². The standard InChI is InChI=1S/C30H40N3O2P/c1-22(2)28-18-13-23(3)20-29(28)35-36(34,27-16-14-26(15-17-27)33(4)5)30(24-10-9-19-31-21-24)32-25-11-7-6-8-12-25/h6-12,14-17,19,21-23,28-30,32H,13,18,20H2,1-5H3/t23-,28+,29-,30+,36-/m1/s1. The van der Waals surface area contributed by atoms with Crippen LogP contribution in [0, 0.1) is 17.8 Å². The van der Waals surface area contributed by atoms with Gasteiger partial charge in [-0.3, -0.25) is 9.55 Å². The number of pyridine rings is 1. The van der Waals surface area contributed by atoms with Crippen LogP contribution in [0.15, 0.2) is 79.1 Å². The highest BCUT2D eigenvalue weighted by Crippen LogP contribution is 2.61. The lowest BCUT2D eigenvalue weighted by Gasteiger charge is -2.41. The van der Waals surface area contributed by atoms with Gasteiger partial charge in [-0.1, -0.05) is 51.5 Å². The summed E-state index contributed by atoms with van der Waals surface area (Å²) in [4.78, 5) is 6.42. The molecule has 1 aliphatic carbocycles. The van der Waals surface area contributed by atoms with Gasteiger partial charge in [-0.05, 0) is 73.1 Å². The molecule has 1 heterocycles. The van der Waals surface area contributed by atoms with Gasteiger partial charge in [-0.15, -0.1) is 0 Å². The highest BCUT2D eigenvalue weighted by atomic mass is 31.2. The number of aromatic nitrogens is 1. The van der Waals surface area contributed by atoms with Crippen molar-refractivity contribution in [3.63, 3.8) is 0 Å². The molecule has 192 valence electrons. The summed E-state index contributed by atoms with van der Waals surface area (Å²) < 4.78 is 22.4. The van der Waals surface area contributed by atoms with Gasteiger partial charge < -0.3 is 14.7 Å². The van der Waals surface area contributed by atoms with Gasteiger partial charge in [-0.2, -0.15) is 0 Å². The Morgan fingerprint density at radius 1 is 1.00 bits per heavy atom. The number of benzene rings is 2. The Morgan fingerprint density at radius 2 is 1.72 bits per heavy atom. The topological polar surface area (TPSA) is 54.5 Å². The molecule has 4 rings (SSSR count). The van der Waals surface area contributed by atoms with E-state index in [1.807, 2.05) is 85.7 Å². The zero-order valence-electron chi connectivity index (χ0n) is 22.2. The lowest BCUT2D eigenvalue weighted by molar-refractivity contribution is 0.0488. The van der Waals surface area contributed by atoms with Crippen LogP contribution in [0.2, 0.25) is 0 Å². The molecule has 5 atom stereocenters. The molecule has 0 radical (unpaired) electrons. The first-order valence-corrected chi connectivity index (χ1v) is 14.7. The summed E-state index contributed by atoms with van der Waals surface area (Å²) in [6.07, 6.45) is 6.70. The quantitative estimate of drug-likeness (QED) is 0.308. The first-order chi connectivity index (χ1) is 17.3. The van der Waals surface area contributed by atoms with Gasteiger partial charge in [0, 0.05) is 48.7 Å². The number of hydrogen-bond donors (Lipinski definition) is 1. The fraction of sp³-hybridized carbons (Fsp3) is 0.433. The van der Waals surface area contributed by atoms with Gasteiger partial charge in [0.2, 0.25) is 0 Å². The molecular formula is C30H40N3O2P. The fourth-order valence-electron chi connectivity index (χ4n) is 5.26. The Bertz CT molecular complexity index is 1140. The number of nitrogens with zero attached hydrogens (tertiary/aromatic N) is 2. The molecule has 1 aromatic heterocycles. The van der Waals surface area contributed by atoms with Crippen LogP contribution in [0.25, 0.3) is 0 Å². The third-order valence-corrected chi connectivity index (χ3v) is 10.1. The minimum Gasteiger partial charge on any atom is -0.378 e. The zero-order valence-corrected chi connectivity index (χ0v) is 23.1. The average molecular weight is 506 g/mol. The summed E-state index contributed by atoms with van der Waals surface area (Å²) in [5.74, 6) is 0.824. The highest BCUT2D eigenvalue weighted by molar-refractivity contribution is 7.67. The van der Waals surface area contributed by atoms with Gasteiger partial charge in [0.25, 0.3) is 7.37 Å². The van der Waals surface area contributed by atoms with Gasteiger partial charge in [0.1, 0.15) is 5.78 Å². The third kappa shape index (κ3) is 6.02. The second-order valence-corrected chi connectivity index (χ2v) is 13.1. The molecular weight excluding hydrogens is 465 g/mol. The molecule has 0 aliphatic heterocycles. The van der Waals surface area contributed by atoms with Crippen molar-refractivity contribution in [1.29, 1.82) is 0 Å². The Hall–Kier alpha value is -2.62. The van der Waals surface area contributed by atoms with Crippen molar-refractivity contribution in [1.82, 2.24) is 4.98 Å². The molecule has 0 unspecified atom stereocenters. The number of rotatable bonds is 9. The van der Waals surface area contributed by atoms with Gasteiger partial charge in [0.05, 0.1) is 6.10 Å². The summed E-state index contributed by atoms with van der Waals surface area (Å²) in [6.45, 7) is 6.80. The van der Waals surface area contributed by atoms with Crippen molar-refractivity contribution in [2.75, 3.05) is 24.3 Å². The second-order valence-electron chi connectivity index (χ2n) is 10.7. The summed E-state index contributed by atoms with van der Waals surface area (Å²) in [6, 6.07) is 21.8. The largest absolute Gasteiger partial charge is 0.378 e. The van der Waals surface area contributed by atoms with Crippen LogP contribution in [0.5, 0.6) is 0 Å². The predicted molar refractivity (Wildman–Crippen MR) is 151 cm³/mol. The lowest BCUT2D eigenvalue weighted by Crippen LogP contribution is -2.35. The van der Waals surface area contributed by atoms with Gasteiger partial charge >= 0.3 is 0 Å². The average Bonchev–Trinajstić information content (AvgIpc) is 2.88. The van der Waals surface area contributed by atoms with Crippen LogP contribution in [-0.2, 0) is 9.09 Å². The number of hydrogen-bond acceptors (Lipinski definition) is 5. The molecule has 5 nitrogen and oxygen atoms in total. The normalized spacial score (nSPS) is 22.6. The summed E-state index contributed by atoms with van der Waals surface area (Å²) in [7, 11) is 0.561. The van der Waals surface area contributed by atoms with Gasteiger partial charge in [-0.25, -0.2) is 0 Å². The van der Waals surface area contributed by atoms with Crippen LogP contribution in [-0.4, -0.2) is 25.2 Å². The number of anilines is 2. The molecule has 0 saturated heterocycles. The van der Waals surface area contributed by atoms with Crippen molar-refractivity contribution >= 4 is 24.0 Å². The number of nitrogens with one attached hydrogen (secondary N) is 1. The Kier molecular flexibility index (Phi) is 8.54. The van der Waals surface area contributed by atoms with Crippen LogP contribution in [0.1, 0.15) is 51.4 Å². The zero-order chi connectivity index (χ0) is 25.7. The molecule has 1 aliphatic rings. The SMILES string of the molecule is CC(C)[C@@H]1CC[C@@H](C)C[C@H]1O[P@](=O)(c1ccc(N(C)C)cc1)[C@H](Nc1ccccc1)c1cccnc1. The maximum absolute atomic E-state index is 15.4. The van der Waals surface area contributed by atoms with E-state index in [0.717, 1.165) is 35.1 Å². The fourth-order valence-corrected chi connectivity index (χ4v) is 7.88. The first kappa shape index (κ1) is 26.4. The van der Waals surface area contributed by atoms with E-state index in [1.165, 1.54) is 6.42 Å². The number of para-hydroxylation sites is 1. The van der Waals surface area contributed by atoms with Crippen molar-refractivity contribution in [2.24, 2.45) is 17.8 Å². The first-order valence-electron chi connectivity index (χ1n) is 13.1. The van der Waals surface area contributed by atoms with E-state index in [-0.39, 0.29) is 6.10 Å². The summed E-state index contributed by atoms with van der Waals surface area (Å²) in [5.41, 5.74) is 2.81. The minimum atomic E-state index is -3.46. The van der Waals surface area contributed by atoms with E-state index in [4.69, 9.17) is 4.52 Å². The third-order valence-electron chi connectivity index (χ3n) is 7.40. The molecule has 1 fully saturated rings. The maximum atomic E-state index is 15.4. The molecule has 6 heteroatoms. The molecule has 0 spiro atoms. The smallest absolute Gasteiger partial charge is 0.258 e. The van der Waals surface area contributed by atoms with Crippen molar-refractivity contribution in [2.45, 2.75) is 51.9 Å². The molecule has 0 amide bonds. The molecule has 0 bridgehead atoms. The van der Waals surface area contributed by atoms with Crippen molar-refractivity contribution in [3.8, 4) is 0 Å². The Balaban J connectivity index is 1.83. The molecule has 1 saturated carbocycles. The van der Waals surface area contributed by atoms with Crippen LogP contribution in [0.4, 0.5) is 11.4 Å². The molecule has 3 aromatic rings. The molecule has 2 aromatic carbocycles. The minimum absolute atomic E-state index is 0.0650. The molecule has 1 N–H and O–H groups in total.